The number of carbonyl (C=O) groups excluding carboxylic acids is 1. The van der Waals surface area contributed by atoms with E-state index in [1.54, 1.807) is 5.57 Å². The molecule has 0 saturated heterocycles. The van der Waals surface area contributed by atoms with Gasteiger partial charge in [0.05, 0.1) is 0 Å². The average Bonchev–Trinajstić information content (AvgIpc) is 2.57. The van der Waals surface area contributed by atoms with Crippen molar-refractivity contribution in [1.82, 2.24) is 0 Å². The first-order valence-corrected chi connectivity index (χ1v) is 7.15. The summed E-state index contributed by atoms with van der Waals surface area (Å²) in [7, 11) is 0. The molecular weight excluding hydrogens is 208 g/mol. The van der Waals surface area contributed by atoms with Crippen LogP contribution in [0.3, 0.4) is 0 Å². The summed E-state index contributed by atoms with van der Waals surface area (Å²) in [5.74, 6) is 1.74. The molecule has 17 heavy (non-hydrogen) atoms. The lowest BCUT2D eigenvalue weighted by Crippen LogP contribution is -2.36. The van der Waals surface area contributed by atoms with Crippen LogP contribution in [0.25, 0.3) is 0 Å². The van der Waals surface area contributed by atoms with Crippen LogP contribution in [0, 0.1) is 23.2 Å². The fourth-order valence-corrected chi connectivity index (χ4v) is 4.12. The summed E-state index contributed by atoms with van der Waals surface area (Å²) in [6.07, 6.45) is 8.55. The predicted octanol–water partition coefficient (Wildman–Crippen LogP) is 4.37. The summed E-state index contributed by atoms with van der Waals surface area (Å²) in [6, 6.07) is 0. The SMILES string of the molecule is CC(C)C=C1CCC2(C1)CC(C)C(=O)C(C)C2. The standard InChI is InChI=1S/C16H26O/c1-11(2)7-14-5-6-16(10-14)8-12(3)15(17)13(4)9-16/h7,11-13H,5-6,8-10H2,1-4H3. The zero-order valence-electron chi connectivity index (χ0n) is 11.8. The molecule has 2 atom stereocenters. The topological polar surface area (TPSA) is 17.1 Å². The Morgan fingerprint density at radius 1 is 1.24 bits per heavy atom. The molecule has 2 fully saturated rings. The normalized spacial score (nSPS) is 40.8. The van der Waals surface area contributed by atoms with Gasteiger partial charge in [-0.15, -0.1) is 0 Å². The van der Waals surface area contributed by atoms with Gasteiger partial charge < -0.3 is 0 Å². The third kappa shape index (κ3) is 2.64. The van der Waals surface area contributed by atoms with Crippen LogP contribution in [0.1, 0.15) is 59.8 Å². The highest BCUT2D eigenvalue weighted by Crippen LogP contribution is 2.53. The Morgan fingerprint density at radius 2 is 1.82 bits per heavy atom. The van der Waals surface area contributed by atoms with Crippen molar-refractivity contribution < 1.29 is 4.79 Å². The molecule has 96 valence electrons. The van der Waals surface area contributed by atoms with Gasteiger partial charge in [-0.05, 0) is 43.4 Å². The quantitative estimate of drug-likeness (QED) is 0.616. The third-order valence-corrected chi connectivity index (χ3v) is 4.60. The Labute approximate surface area is 106 Å². The lowest BCUT2D eigenvalue weighted by molar-refractivity contribution is -0.131. The highest BCUT2D eigenvalue weighted by Gasteiger charge is 2.44. The van der Waals surface area contributed by atoms with E-state index in [2.05, 4.69) is 33.8 Å². The number of carbonyl (C=O) groups is 1. The molecule has 0 aromatic rings. The van der Waals surface area contributed by atoms with E-state index in [0.29, 0.717) is 17.1 Å². The van der Waals surface area contributed by atoms with Gasteiger partial charge in [-0.25, -0.2) is 0 Å². The molecule has 2 aliphatic carbocycles. The lowest BCUT2D eigenvalue weighted by Gasteiger charge is -2.39. The van der Waals surface area contributed by atoms with Gasteiger partial charge in [0, 0.05) is 11.8 Å². The second kappa shape index (κ2) is 4.59. The highest BCUT2D eigenvalue weighted by atomic mass is 16.1. The minimum atomic E-state index is 0.289. The van der Waals surface area contributed by atoms with Gasteiger partial charge in [0.2, 0.25) is 0 Å². The number of hydrogen-bond acceptors (Lipinski definition) is 1. The summed E-state index contributed by atoms with van der Waals surface area (Å²) in [5.41, 5.74) is 2.11. The van der Waals surface area contributed by atoms with Crippen molar-refractivity contribution in [2.24, 2.45) is 23.2 Å². The van der Waals surface area contributed by atoms with Crippen LogP contribution < -0.4 is 0 Å². The molecule has 0 amide bonds. The molecule has 2 unspecified atom stereocenters. The smallest absolute Gasteiger partial charge is 0.138 e. The number of rotatable bonds is 1. The first-order chi connectivity index (χ1) is 7.92. The molecule has 0 aliphatic heterocycles. The van der Waals surface area contributed by atoms with Crippen molar-refractivity contribution in [3.63, 3.8) is 0 Å². The predicted molar refractivity (Wildman–Crippen MR) is 71.8 cm³/mol. The number of ketones is 1. The van der Waals surface area contributed by atoms with Crippen LogP contribution >= 0.6 is 0 Å². The number of allylic oxidation sites excluding steroid dienone is 2. The average molecular weight is 234 g/mol. The van der Waals surface area contributed by atoms with Crippen molar-refractivity contribution in [1.29, 1.82) is 0 Å². The molecule has 2 aliphatic rings. The number of hydrogen-bond donors (Lipinski definition) is 0. The minimum absolute atomic E-state index is 0.289. The maximum Gasteiger partial charge on any atom is 0.138 e. The van der Waals surface area contributed by atoms with Gasteiger partial charge in [-0.3, -0.25) is 4.79 Å². The highest BCUT2D eigenvalue weighted by molar-refractivity contribution is 5.83. The van der Waals surface area contributed by atoms with Gasteiger partial charge in [-0.1, -0.05) is 39.3 Å². The molecule has 0 N–H and O–H groups in total. The maximum absolute atomic E-state index is 11.9. The Morgan fingerprint density at radius 3 is 2.35 bits per heavy atom. The van der Waals surface area contributed by atoms with E-state index in [4.69, 9.17) is 0 Å². The van der Waals surface area contributed by atoms with E-state index < -0.39 is 0 Å². The van der Waals surface area contributed by atoms with Crippen molar-refractivity contribution >= 4 is 5.78 Å². The molecule has 2 saturated carbocycles. The third-order valence-electron chi connectivity index (χ3n) is 4.60. The molecular formula is C16H26O. The van der Waals surface area contributed by atoms with Crippen LogP contribution in [-0.2, 0) is 4.79 Å². The van der Waals surface area contributed by atoms with E-state index in [9.17, 15) is 4.79 Å². The molecule has 0 bridgehead atoms. The molecule has 0 heterocycles. The van der Waals surface area contributed by atoms with E-state index in [-0.39, 0.29) is 11.8 Å². The summed E-state index contributed by atoms with van der Waals surface area (Å²) >= 11 is 0. The van der Waals surface area contributed by atoms with Gasteiger partial charge in [0.15, 0.2) is 0 Å². The second-order valence-corrected chi connectivity index (χ2v) is 6.86. The van der Waals surface area contributed by atoms with Gasteiger partial charge in [-0.2, -0.15) is 0 Å². The monoisotopic (exact) mass is 234 g/mol. The van der Waals surface area contributed by atoms with Crippen LogP contribution in [0.2, 0.25) is 0 Å². The first kappa shape index (κ1) is 12.9. The van der Waals surface area contributed by atoms with Gasteiger partial charge in [0.25, 0.3) is 0 Å². The van der Waals surface area contributed by atoms with Crippen LogP contribution in [0.5, 0.6) is 0 Å². The maximum atomic E-state index is 11.9. The minimum Gasteiger partial charge on any atom is -0.299 e. The molecule has 0 aromatic heterocycles. The van der Waals surface area contributed by atoms with Crippen molar-refractivity contribution in [2.75, 3.05) is 0 Å². The Kier molecular flexibility index (Phi) is 3.47. The van der Waals surface area contributed by atoms with E-state index in [0.717, 1.165) is 12.8 Å². The zero-order chi connectivity index (χ0) is 12.6. The van der Waals surface area contributed by atoms with Crippen molar-refractivity contribution in [3.8, 4) is 0 Å². The Balaban J connectivity index is 2.10. The molecule has 0 aromatic carbocycles. The Bertz CT molecular complexity index is 323. The van der Waals surface area contributed by atoms with Crippen LogP contribution in [-0.4, -0.2) is 5.78 Å². The van der Waals surface area contributed by atoms with Crippen molar-refractivity contribution in [3.05, 3.63) is 11.6 Å². The molecule has 1 nitrogen and oxygen atoms in total. The van der Waals surface area contributed by atoms with Crippen molar-refractivity contribution in [2.45, 2.75) is 59.8 Å². The Hall–Kier alpha value is -0.590. The molecule has 1 spiro atoms. The molecule has 0 radical (unpaired) electrons. The molecule has 2 rings (SSSR count). The summed E-state index contributed by atoms with van der Waals surface area (Å²) in [4.78, 5) is 11.9. The fraction of sp³-hybridized carbons (Fsp3) is 0.812. The summed E-state index contributed by atoms with van der Waals surface area (Å²) in [6.45, 7) is 8.77. The van der Waals surface area contributed by atoms with Crippen LogP contribution in [0.4, 0.5) is 0 Å². The second-order valence-electron chi connectivity index (χ2n) is 6.86. The largest absolute Gasteiger partial charge is 0.299 e. The fourth-order valence-electron chi connectivity index (χ4n) is 4.12. The summed E-state index contributed by atoms with van der Waals surface area (Å²) < 4.78 is 0. The summed E-state index contributed by atoms with van der Waals surface area (Å²) in [5, 5.41) is 0. The van der Waals surface area contributed by atoms with E-state index >= 15 is 0 Å². The van der Waals surface area contributed by atoms with Crippen LogP contribution in [0.15, 0.2) is 11.6 Å². The van der Waals surface area contributed by atoms with Gasteiger partial charge in [0.1, 0.15) is 5.78 Å². The zero-order valence-corrected chi connectivity index (χ0v) is 11.8. The molecule has 1 heteroatoms. The van der Waals surface area contributed by atoms with E-state index in [1.165, 1.54) is 19.3 Å². The lowest BCUT2D eigenvalue weighted by atomic mass is 9.64. The first-order valence-electron chi connectivity index (χ1n) is 7.15. The van der Waals surface area contributed by atoms with Gasteiger partial charge >= 0.3 is 0 Å². The number of Topliss-reactive ketones (excluding diaryl/α,β-unsaturated/α-hetero) is 1. The van der Waals surface area contributed by atoms with E-state index in [1.807, 2.05) is 0 Å².